The molecule has 2 heterocycles. The lowest BCUT2D eigenvalue weighted by Gasteiger charge is -2.51. The summed E-state index contributed by atoms with van der Waals surface area (Å²) in [5.41, 5.74) is 2.89. The lowest BCUT2D eigenvalue weighted by molar-refractivity contribution is -0.245. The number of nitrogens with one attached hydrogen (secondary N) is 1. The molecule has 0 atom stereocenters. The Labute approximate surface area is 199 Å². The molecule has 1 fully saturated rings. The van der Waals surface area contributed by atoms with E-state index in [2.05, 4.69) is 11.9 Å². The van der Waals surface area contributed by atoms with Gasteiger partial charge in [-0.15, -0.1) is 0 Å². The summed E-state index contributed by atoms with van der Waals surface area (Å²) >= 11 is 0. The van der Waals surface area contributed by atoms with Crippen LogP contribution in [-0.4, -0.2) is 43.1 Å². The van der Waals surface area contributed by atoms with Gasteiger partial charge in [0.15, 0.2) is 5.69 Å². The van der Waals surface area contributed by atoms with Crippen molar-refractivity contribution in [3.63, 3.8) is 0 Å². The Kier molecular flexibility index (Phi) is 8.44. The van der Waals surface area contributed by atoms with E-state index in [0.717, 1.165) is 22.5 Å². The van der Waals surface area contributed by atoms with Crippen molar-refractivity contribution in [3.8, 4) is 0 Å². The first kappa shape index (κ1) is 26.6. The van der Waals surface area contributed by atoms with Gasteiger partial charge in [0.05, 0.1) is 11.4 Å². The maximum Gasteiger partial charge on any atom is 0.272 e. The van der Waals surface area contributed by atoms with Crippen molar-refractivity contribution in [2.24, 2.45) is 0 Å². The molecule has 0 radical (unpaired) electrons. The van der Waals surface area contributed by atoms with E-state index in [9.17, 15) is 10.0 Å². The zero-order chi connectivity index (χ0) is 25.0. The maximum absolute atomic E-state index is 13.4. The molecule has 1 amide bonds. The molecule has 0 saturated carbocycles. The monoisotopic (exact) mass is 452 g/mol. The Balaban J connectivity index is 2.52. The predicted molar refractivity (Wildman–Crippen MR) is 137 cm³/mol. The third-order valence-corrected chi connectivity index (χ3v) is 6.15. The molecule has 1 aliphatic heterocycles. The summed E-state index contributed by atoms with van der Waals surface area (Å²) in [6.07, 6.45) is 14.8. The lowest BCUT2D eigenvalue weighted by atomic mass is 9.79. The molecule has 0 aliphatic carbocycles. The Morgan fingerprint density at radius 2 is 1.76 bits per heavy atom. The number of piperidine rings is 1. The van der Waals surface area contributed by atoms with Gasteiger partial charge in [-0.05, 0) is 79.9 Å². The van der Waals surface area contributed by atoms with Gasteiger partial charge in [0.1, 0.15) is 0 Å². The molecule has 180 valence electrons. The van der Waals surface area contributed by atoms with Gasteiger partial charge in [-0.3, -0.25) is 4.79 Å². The number of amides is 1. The summed E-state index contributed by atoms with van der Waals surface area (Å²) in [6.45, 7) is 19.7. The van der Waals surface area contributed by atoms with E-state index < -0.39 is 11.1 Å². The van der Waals surface area contributed by atoms with Crippen molar-refractivity contribution >= 4 is 17.2 Å². The van der Waals surface area contributed by atoms with E-state index in [-0.39, 0.29) is 11.9 Å². The van der Waals surface area contributed by atoms with Crippen LogP contribution >= 0.6 is 0 Å². The van der Waals surface area contributed by atoms with Crippen LogP contribution in [0.1, 0.15) is 83.1 Å². The summed E-state index contributed by atoms with van der Waals surface area (Å²) in [4.78, 5) is 13.4. The zero-order valence-electron chi connectivity index (χ0n) is 21.4. The van der Waals surface area contributed by atoms with Crippen LogP contribution < -0.4 is 5.32 Å². The highest BCUT2D eigenvalue weighted by Gasteiger charge is 2.45. The fourth-order valence-corrected chi connectivity index (χ4v) is 4.77. The highest BCUT2D eigenvalue weighted by atomic mass is 16.5. The standard InChI is InChI=1S/C27H40N4O2/c1-10-14-16-20(12-3)24-19(5)23(29-30(24)22(13-4)15-11-2)25(32)28-21-17-26(6,7)31(33)27(8,9)18-21/h10-16,21,33H,3,17-18H2,1-2,4-9H3,(H,28,32)/b14-10-,15-11-,20-16+,22-13+. The smallest absolute Gasteiger partial charge is 0.272 e. The minimum Gasteiger partial charge on any atom is -0.348 e. The van der Waals surface area contributed by atoms with E-state index in [1.807, 2.05) is 96.5 Å². The molecule has 2 N–H and O–H groups in total. The summed E-state index contributed by atoms with van der Waals surface area (Å²) in [5.74, 6) is -0.208. The summed E-state index contributed by atoms with van der Waals surface area (Å²) in [6, 6.07) is -0.0759. The molecule has 1 aliphatic rings. The summed E-state index contributed by atoms with van der Waals surface area (Å²) in [7, 11) is 0. The van der Waals surface area contributed by atoms with Gasteiger partial charge in [0.25, 0.3) is 5.91 Å². The van der Waals surface area contributed by atoms with Crippen molar-refractivity contribution < 1.29 is 10.0 Å². The van der Waals surface area contributed by atoms with Gasteiger partial charge in [-0.25, -0.2) is 4.68 Å². The number of carbonyl (C=O) groups excluding carboxylic acids is 1. The SMILES string of the molecule is C=C/C(=C\C=C/C)c1c(C)c(C(=O)NC2CC(C)(C)N(O)C(C)(C)C2)nn1C(/C=C\C)=C/C. The zero-order valence-corrected chi connectivity index (χ0v) is 21.4. The van der Waals surface area contributed by atoms with Crippen LogP contribution in [0.15, 0.2) is 49.1 Å². The molecule has 0 aromatic carbocycles. The Morgan fingerprint density at radius 1 is 1.15 bits per heavy atom. The fraction of sp³-hybridized carbons (Fsp3) is 0.481. The molecule has 0 bridgehead atoms. The fourth-order valence-electron chi connectivity index (χ4n) is 4.77. The second-order valence-electron chi connectivity index (χ2n) is 9.81. The van der Waals surface area contributed by atoms with Gasteiger partial charge in [0.2, 0.25) is 0 Å². The number of allylic oxidation sites excluding steroid dienone is 9. The quantitative estimate of drug-likeness (QED) is 0.504. The molecule has 1 saturated heterocycles. The molecule has 33 heavy (non-hydrogen) atoms. The predicted octanol–water partition coefficient (Wildman–Crippen LogP) is 5.91. The Morgan fingerprint density at radius 3 is 2.24 bits per heavy atom. The largest absolute Gasteiger partial charge is 0.348 e. The molecule has 6 heteroatoms. The third-order valence-electron chi connectivity index (χ3n) is 6.15. The number of aromatic nitrogens is 2. The average molecular weight is 453 g/mol. The molecule has 6 nitrogen and oxygen atoms in total. The third kappa shape index (κ3) is 5.63. The van der Waals surface area contributed by atoms with Crippen molar-refractivity contribution in [1.29, 1.82) is 0 Å². The highest BCUT2D eigenvalue weighted by molar-refractivity contribution is 5.96. The molecule has 2 rings (SSSR count). The second kappa shape index (κ2) is 10.5. The lowest BCUT2D eigenvalue weighted by Crippen LogP contribution is -2.63. The number of rotatable bonds is 7. The highest BCUT2D eigenvalue weighted by Crippen LogP contribution is 2.37. The van der Waals surface area contributed by atoms with Crippen molar-refractivity contribution in [3.05, 3.63) is 66.1 Å². The van der Waals surface area contributed by atoms with Crippen LogP contribution in [-0.2, 0) is 0 Å². The number of hydrogen-bond acceptors (Lipinski definition) is 4. The van der Waals surface area contributed by atoms with Gasteiger partial charge in [-0.1, -0.05) is 43.0 Å². The molecule has 0 spiro atoms. The molecule has 0 unspecified atom stereocenters. The minimum atomic E-state index is -0.450. The Bertz CT molecular complexity index is 988. The van der Waals surface area contributed by atoms with E-state index in [1.165, 1.54) is 5.06 Å². The summed E-state index contributed by atoms with van der Waals surface area (Å²) in [5, 5.41) is 19.9. The first-order valence-electron chi connectivity index (χ1n) is 11.6. The molecule has 1 aromatic rings. The van der Waals surface area contributed by atoms with Crippen molar-refractivity contribution in [2.45, 2.75) is 85.4 Å². The van der Waals surface area contributed by atoms with Crippen LogP contribution in [0.3, 0.4) is 0 Å². The normalized spacial score (nSPS) is 20.0. The average Bonchev–Trinajstić information content (AvgIpc) is 3.07. The topological polar surface area (TPSA) is 70.4 Å². The van der Waals surface area contributed by atoms with Gasteiger partial charge in [-0.2, -0.15) is 10.2 Å². The maximum atomic E-state index is 13.4. The molecular weight excluding hydrogens is 412 g/mol. The van der Waals surface area contributed by atoms with Crippen LogP contribution in [0, 0.1) is 6.92 Å². The number of hydrogen-bond donors (Lipinski definition) is 2. The van der Waals surface area contributed by atoms with Gasteiger partial charge >= 0.3 is 0 Å². The van der Waals surface area contributed by atoms with Crippen LogP contribution in [0.2, 0.25) is 0 Å². The first-order valence-corrected chi connectivity index (χ1v) is 11.6. The second-order valence-corrected chi connectivity index (χ2v) is 9.81. The number of carbonyl (C=O) groups is 1. The van der Waals surface area contributed by atoms with E-state index >= 15 is 0 Å². The minimum absolute atomic E-state index is 0.0759. The van der Waals surface area contributed by atoms with Crippen LogP contribution in [0.4, 0.5) is 0 Å². The Hall–Kier alpha value is -2.70. The van der Waals surface area contributed by atoms with Gasteiger partial charge in [0, 0.05) is 22.7 Å². The van der Waals surface area contributed by atoms with E-state index in [1.54, 1.807) is 6.08 Å². The van der Waals surface area contributed by atoms with Crippen molar-refractivity contribution in [2.75, 3.05) is 0 Å². The van der Waals surface area contributed by atoms with Crippen LogP contribution in [0.25, 0.3) is 11.3 Å². The molecular formula is C27H40N4O2. The van der Waals surface area contributed by atoms with Crippen molar-refractivity contribution in [1.82, 2.24) is 20.2 Å². The first-order chi connectivity index (χ1) is 15.4. The summed E-state index contributed by atoms with van der Waals surface area (Å²) < 4.78 is 1.81. The van der Waals surface area contributed by atoms with Gasteiger partial charge < -0.3 is 10.5 Å². The number of hydroxylamine groups is 2. The van der Waals surface area contributed by atoms with E-state index in [0.29, 0.717) is 18.5 Å². The number of nitrogens with zero attached hydrogens (tertiary/aromatic N) is 3. The van der Waals surface area contributed by atoms with E-state index in [4.69, 9.17) is 5.10 Å². The van der Waals surface area contributed by atoms with Crippen LogP contribution in [0.5, 0.6) is 0 Å². The molecule has 1 aromatic heterocycles.